The lowest BCUT2D eigenvalue weighted by Gasteiger charge is -2.27. The summed E-state index contributed by atoms with van der Waals surface area (Å²) in [5.41, 5.74) is 7.65. The molecule has 0 fully saturated rings. The molecule has 35 heavy (non-hydrogen) atoms. The molecule has 0 radical (unpaired) electrons. The number of aliphatic hydroxyl groups is 3. The fourth-order valence-electron chi connectivity index (χ4n) is 4.71. The van der Waals surface area contributed by atoms with Crippen molar-refractivity contribution < 1.29 is 20.1 Å². The number of benzene rings is 3. The van der Waals surface area contributed by atoms with E-state index in [1.807, 2.05) is 19.9 Å². The van der Waals surface area contributed by atoms with Gasteiger partial charge in [-0.05, 0) is 88.4 Å². The fraction of sp³-hybridized carbons (Fsp3) is 0.419. The molecule has 3 rings (SSSR count). The zero-order chi connectivity index (χ0) is 25.4. The molecule has 3 aromatic carbocycles. The normalized spacial score (nSPS) is 11.6. The highest BCUT2D eigenvalue weighted by Gasteiger charge is 2.25. The van der Waals surface area contributed by atoms with Crippen molar-refractivity contribution in [2.75, 3.05) is 0 Å². The summed E-state index contributed by atoms with van der Waals surface area (Å²) in [6.07, 6.45) is 4.31. The van der Waals surface area contributed by atoms with E-state index < -0.39 is 5.60 Å². The van der Waals surface area contributed by atoms with Crippen LogP contribution in [0.3, 0.4) is 0 Å². The Kier molecular flexibility index (Phi) is 9.50. The Balaban J connectivity index is 1.95. The molecule has 4 heteroatoms. The van der Waals surface area contributed by atoms with Crippen molar-refractivity contribution >= 4 is 0 Å². The molecule has 0 atom stereocenters. The molecule has 3 N–H and O–H groups in total. The standard InChI is InChI=1S/C31H40O4/c1-5-9-24-17-27(31(34,7-3)8-4)13-15-29(24)30-16-22(10-11-23(30)6-2)21-35-28-14-12-25(19-32)26(18-28)20-33/h10-18,32-34H,5-9,19-21H2,1-4H3. The molecule has 0 aliphatic rings. The second-order valence-corrected chi connectivity index (χ2v) is 9.24. The molecule has 0 aliphatic carbocycles. The van der Waals surface area contributed by atoms with Gasteiger partial charge in [-0.3, -0.25) is 0 Å². The van der Waals surface area contributed by atoms with Crippen LogP contribution in [0, 0.1) is 0 Å². The van der Waals surface area contributed by atoms with E-state index in [0.29, 0.717) is 36.3 Å². The first-order valence-electron chi connectivity index (χ1n) is 12.9. The summed E-state index contributed by atoms with van der Waals surface area (Å²) in [7, 11) is 0. The molecule has 0 aromatic heterocycles. The van der Waals surface area contributed by atoms with Crippen LogP contribution in [-0.2, 0) is 38.3 Å². The highest BCUT2D eigenvalue weighted by atomic mass is 16.5. The van der Waals surface area contributed by atoms with Gasteiger partial charge in [-0.1, -0.05) is 70.5 Å². The van der Waals surface area contributed by atoms with E-state index in [-0.39, 0.29) is 13.2 Å². The van der Waals surface area contributed by atoms with Crippen LogP contribution in [0.25, 0.3) is 11.1 Å². The van der Waals surface area contributed by atoms with Gasteiger partial charge in [0.25, 0.3) is 0 Å². The molecule has 0 aliphatic heterocycles. The van der Waals surface area contributed by atoms with Gasteiger partial charge in [0.1, 0.15) is 12.4 Å². The summed E-state index contributed by atoms with van der Waals surface area (Å²) in [6, 6.07) is 18.4. The van der Waals surface area contributed by atoms with E-state index in [0.717, 1.165) is 30.4 Å². The second-order valence-electron chi connectivity index (χ2n) is 9.24. The van der Waals surface area contributed by atoms with Crippen LogP contribution in [0.5, 0.6) is 5.75 Å². The predicted molar refractivity (Wildman–Crippen MR) is 142 cm³/mol. The van der Waals surface area contributed by atoms with Gasteiger partial charge >= 0.3 is 0 Å². The summed E-state index contributed by atoms with van der Waals surface area (Å²) in [5, 5.41) is 30.1. The van der Waals surface area contributed by atoms with Crippen molar-refractivity contribution in [3.8, 4) is 16.9 Å². The summed E-state index contributed by atoms with van der Waals surface area (Å²) < 4.78 is 6.04. The SMILES string of the molecule is CCCc1cc(C(O)(CC)CC)ccc1-c1cc(COc2ccc(CO)c(CO)c2)ccc1CC. The Hall–Kier alpha value is -2.66. The Morgan fingerprint density at radius 3 is 2.06 bits per heavy atom. The largest absolute Gasteiger partial charge is 0.489 e. The fourth-order valence-corrected chi connectivity index (χ4v) is 4.71. The molecular formula is C31H40O4. The van der Waals surface area contributed by atoms with Crippen molar-refractivity contribution in [2.45, 2.75) is 85.2 Å². The van der Waals surface area contributed by atoms with Crippen LogP contribution in [0.2, 0.25) is 0 Å². The van der Waals surface area contributed by atoms with Crippen molar-refractivity contribution in [1.82, 2.24) is 0 Å². The predicted octanol–water partition coefficient (Wildman–Crippen LogP) is 6.44. The zero-order valence-electron chi connectivity index (χ0n) is 21.6. The number of ether oxygens (including phenoxy) is 1. The molecule has 3 aromatic rings. The third-order valence-corrected chi connectivity index (χ3v) is 7.10. The van der Waals surface area contributed by atoms with E-state index in [1.54, 1.807) is 12.1 Å². The van der Waals surface area contributed by atoms with Crippen molar-refractivity contribution in [3.63, 3.8) is 0 Å². The van der Waals surface area contributed by atoms with E-state index >= 15 is 0 Å². The van der Waals surface area contributed by atoms with Gasteiger partial charge < -0.3 is 20.1 Å². The van der Waals surface area contributed by atoms with Crippen LogP contribution in [0.15, 0.2) is 54.6 Å². The third kappa shape index (κ3) is 6.13. The Morgan fingerprint density at radius 1 is 0.714 bits per heavy atom. The van der Waals surface area contributed by atoms with E-state index in [9.17, 15) is 15.3 Å². The summed E-state index contributed by atoms with van der Waals surface area (Å²) in [6.45, 7) is 8.61. The average Bonchev–Trinajstić information content (AvgIpc) is 2.91. The van der Waals surface area contributed by atoms with Crippen molar-refractivity contribution in [3.05, 3.63) is 88.0 Å². The van der Waals surface area contributed by atoms with E-state index in [4.69, 9.17) is 4.74 Å². The van der Waals surface area contributed by atoms with Crippen LogP contribution >= 0.6 is 0 Å². The van der Waals surface area contributed by atoms with E-state index in [2.05, 4.69) is 50.2 Å². The molecule has 0 saturated carbocycles. The summed E-state index contributed by atoms with van der Waals surface area (Å²) in [5.74, 6) is 0.668. The first-order valence-corrected chi connectivity index (χ1v) is 12.9. The number of rotatable bonds is 12. The maximum atomic E-state index is 11.1. The van der Waals surface area contributed by atoms with Crippen LogP contribution in [-0.4, -0.2) is 15.3 Å². The molecule has 0 heterocycles. The number of hydrogen-bond acceptors (Lipinski definition) is 4. The topological polar surface area (TPSA) is 69.9 Å². The molecule has 0 spiro atoms. The number of aryl methyl sites for hydroxylation is 2. The lowest BCUT2D eigenvalue weighted by Crippen LogP contribution is -2.23. The Morgan fingerprint density at radius 2 is 1.43 bits per heavy atom. The van der Waals surface area contributed by atoms with Crippen molar-refractivity contribution in [1.29, 1.82) is 0 Å². The summed E-state index contributed by atoms with van der Waals surface area (Å²) in [4.78, 5) is 0. The highest BCUT2D eigenvalue weighted by Crippen LogP contribution is 2.35. The molecule has 0 unspecified atom stereocenters. The number of aliphatic hydroxyl groups excluding tert-OH is 2. The molecule has 4 nitrogen and oxygen atoms in total. The molecule has 188 valence electrons. The van der Waals surface area contributed by atoms with Crippen LogP contribution < -0.4 is 4.74 Å². The molecule has 0 bridgehead atoms. The van der Waals surface area contributed by atoms with Gasteiger partial charge in [-0.15, -0.1) is 0 Å². The minimum atomic E-state index is -0.788. The highest BCUT2D eigenvalue weighted by molar-refractivity contribution is 5.72. The van der Waals surface area contributed by atoms with Gasteiger partial charge in [-0.2, -0.15) is 0 Å². The van der Waals surface area contributed by atoms with Gasteiger partial charge in [-0.25, -0.2) is 0 Å². The smallest absolute Gasteiger partial charge is 0.120 e. The van der Waals surface area contributed by atoms with Gasteiger partial charge in [0.15, 0.2) is 0 Å². The maximum Gasteiger partial charge on any atom is 0.120 e. The second kappa shape index (κ2) is 12.3. The van der Waals surface area contributed by atoms with Crippen LogP contribution in [0.1, 0.15) is 80.3 Å². The minimum Gasteiger partial charge on any atom is -0.489 e. The maximum absolute atomic E-state index is 11.1. The van der Waals surface area contributed by atoms with Gasteiger partial charge in [0, 0.05) is 0 Å². The molecule has 0 saturated heterocycles. The average molecular weight is 477 g/mol. The van der Waals surface area contributed by atoms with Crippen LogP contribution in [0.4, 0.5) is 0 Å². The monoisotopic (exact) mass is 476 g/mol. The zero-order valence-corrected chi connectivity index (χ0v) is 21.6. The van der Waals surface area contributed by atoms with Gasteiger partial charge in [0.2, 0.25) is 0 Å². The lowest BCUT2D eigenvalue weighted by atomic mass is 9.84. The first-order chi connectivity index (χ1) is 16.9. The van der Waals surface area contributed by atoms with Crippen molar-refractivity contribution in [2.24, 2.45) is 0 Å². The lowest BCUT2D eigenvalue weighted by molar-refractivity contribution is 0.0283. The quantitative estimate of drug-likeness (QED) is 0.281. The van der Waals surface area contributed by atoms with Gasteiger partial charge in [0.05, 0.1) is 18.8 Å². The minimum absolute atomic E-state index is 0.106. The third-order valence-electron chi connectivity index (χ3n) is 7.10. The summed E-state index contributed by atoms with van der Waals surface area (Å²) >= 11 is 0. The Labute approximate surface area is 210 Å². The Bertz CT molecular complexity index is 1110. The van der Waals surface area contributed by atoms with E-state index in [1.165, 1.54) is 22.3 Å². The molecular weight excluding hydrogens is 436 g/mol. The molecule has 0 amide bonds. The number of hydrogen-bond donors (Lipinski definition) is 3. The first kappa shape index (κ1) is 26.9.